The lowest BCUT2D eigenvalue weighted by Gasteiger charge is -2.24. The van der Waals surface area contributed by atoms with Crippen molar-refractivity contribution >= 4 is 28.2 Å². The Morgan fingerprint density at radius 2 is 2.12 bits per heavy atom. The smallest absolute Gasteiger partial charge is 0.349 e. The van der Waals surface area contributed by atoms with Gasteiger partial charge in [-0.05, 0) is 36.4 Å². The number of carbonyl (C=O) groups is 1. The lowest BCUT2D eigenvalue weighted by Crippen LogP contribution is -2.38. The van der Waals surface area contributed by atoms with E-state index in [2.05, 4.69) is 0 Å². The summed E-state index contributed by atoms with van der Waals surface area (Å²) in [6.45, 7) is 1.66. The summed E-state index contributed by atoms with van der Waals surface area (Å²) in [6, 6.07) is 12.8. The quantitative estimate of drug-likeness (QED) is 0.644. The van der Waals surface area contributed by atoms with Crippen LogP contribution in [0.2, 0.25) is 0 Å². The molecule has 0 radical (unpaired) electrons. The van der Waals surface area contributed by atoms with Gasteiger partial charge in [0.25, 0.3) is 5.91 Å². The standard InChI is InChI=1S/C20H19NO4S/c22-19(17-11-14-5-1-2-8-18(14)25-20(17)23)21(12-15-6-3-9-24-15)13-16-7-4-10-26-16/h1-2,4-5,7-8,10-11,15H,3,6,9,12-13H2/t15-/m0/s1. The Morgan fingerprint density at radius 1 is 1.23 bits per heavy atom. The SMILES string of the molecule is O=C(c1cc2ccccc2oc1=O)N(Cc1cccs1)C[C@@H]1CCCO1. The molecular formula is C20H19NO4S. The van der Waals surface area contributed by atoms with E-state index in [0.29, 0.717) is 18.7 Å². The summed E-state index contributed by atoms with van der Waals surface area (Å²) in [4.78, 5) is 28.3. The second-order valence-electron chi connectivity index (χ2n) is 6.39. The minimum atomic E-state index is -0.600. The number of carbonyl (C=O) groups excluding carboxylic acids is 1. The zero-order valence-corrected chi connectivity index (χ0v) is 15.0. The largest absolute Gasteiger partial charge is 0.422 e. The van der Waals surface area contributed by atoms with Gasteiger partial charge in [-0.3, -0.25) is 4.79 Å². The fraction of sp³-hybridized carbons (Fsp3) is 0.300. The minimum absolute atomic E-state index is 0.0198. The van der Waals surface area contributed by atoms with Crippen molar-refractivity contribution < 1.29 is 13.9 Å². The normalized spacial score (nSPS) is 16.8. The molecule has 4 rings (SSSR count). The number of fused-ring (bicyclic) bond motifs is 1. The molecule has 0 bridgehead atoms. The maximum Gasteiger partial charge on any atom is 0.349 e. The van der Waals surface area contributed by atoms with Crippen LogP contribution >= 0.6 is 11.3 Å². The highest BCUT2D eigenvalue weighted by Crippen LogP contribution is 2.20. The monoisotopic (exact) mass is 369 g/mol. The van der Waals surface area contributed by atoms with Crippen molar-refractivity contribution in [3.63, 3.8) is 0 Å². The van der Waals surface area contributed by atoms with E-state index >= 15 is 0 Å². The molecule has 26 heavy (non-hydrogen) atoms. The average Bonchev–Trinajstić information content (AvgIpc) is 3.34. The van der Waals surface area contributed by atoms with Crippen molar-refractivity contribution in [3.8, 4) is 0 Å². The lowest BCUT2D eigenvalue weighted by molar-refractivity contribution is 0.0506. The first-order chi connectivity index (χ1) is 12.7. The van der Waals surface area contributed by atoms with Gasteiger partial charge >= 0.3 is 5.63 Å². The van der Waals surface area contributed by atoms with E-state index in [1.807, 2.05) is 29.6 Å². The van der Waals surface area contributed by atoms with Crippen LogP contribution in [0.1, 0.15) is 28.1 Å². The summed E-state index contributed by atoms with van der Waals surface area (Å²) in [7, 11) is 0. The van der Waals surface area contributed by atoms with Crippen LogP contribution in [0.5, 0.6) is 0 Å². The van der Waals surface area contributed by atoms with Gasteiger partial charge in [0.15, 0.2) is 0 Å². The Hall–Kier alpha value is -2.44. The third-order valence-corrected chi connectivity index (χ3v) is 5.40. The Labute approximate surface area is 154 Å². The van der Waals surface area contributed by atoms with Crippen LogP contribution in [0.4, 0.5) is 0 Å². The van der Waals surface area contributed by atoms with E-state index in [1.54, 1.807) is 34.4 Å². The molecule has 2 aromatic heterocycles. The zero-order valence-electron chi connectivity index (χ0n) is 14.2. The van der Waals surface area contributed by atoms with Gasteiger partial charge in [0.1, 0.15) is 11.1 Å². The van der Waals surface area contributed by atoms with E-state index in [1.165, 1.54) is 0 Å². The second kappa shape index (κ2) is 7.43. The zero-order chi connectivity index (χ0) is 17.9. The molecule has 1 fully saturated rings. The highest BCUT2D eigenvalue weighted by molar-refractivity contribution is 7.09. The van der Waals surface area contributed by atoms with E-state index in [0.717, 1.165) is 29.7 Å². The number of amides is 1. The van der Waals surface area contributed by atoms with Crippen molar-refractivity contribution in [1.29, 1.82) is 0 Å². The molecule has 0 saturated carbocycles. The summed E-state index contributed by atoms with van der Waals surface area (Å²) in [5.74, 6) is -0.312. The number of nitrogens with zero attached hydrogens (tertiary/aromatic N) is 1. The third-order valence-electron chi connectivity index (χ3n) is 4.53. The van der Waals surface area contributed by atoms with Crippen molar-refractivity contribution in [2.24, 2.45) is 0 Å². The lowest BCUT2D eigenvalue weighted by atomic mass is 10.1. The van der Waals surface area contributed by atoms with Gasteiger partial charge in [0, 0.05) is 23.4 Å². The molecule has 1 aliphatic rings. The molecule has 134 valence electrons. The van der Waals surface area contributed by atoms with Gasteiger partial charge in [-0.2, -0.15) is 0 Å². The van der Waals surface area contributed by atoms with Gasteiger partial charge in [-0.1, -0.05) is 24.3 Å². The van der Waals surface area contributed by atoms with Crippen LogP contribution in [-0.4, -0.2) is 30.1 Å². The van der Waals surface area contributed by atoms with Gasteiger partial charge in [-0.15, -0.1) is 11.3 Å². The maximum atomic E-state index is 13.1. The summed E-state index contributed by atoms with van der Waals surface area (Å²) in [5, 5.41) is 2.72. The Kier molecular flexibility index (Phi) is 4.86. The fourth-order valence-electron chi connectivity index (χ4n) is 3.23. The first-order valence-corrected chi connectivity index (χ1v) is 9.55. The predicted molar refractivity (Wildman–Crippen MR) is 101 cm³/mol. The molecule has 3 heterocycles. The summed E-state index contributed by atoms with van der Waals surface area (Å²) in [5.41, 5.74) is -0.0477. The molecule has 1 amide bonds. The Bertz CT molecular complexity index is 957. The van der Waals surface area contributed by atoms with Crippen LogP contribution in [-0.2, 0) is 11.3 Å². The van der Waals surface area contributed by atoms with Crippen LogP contribution in [0.15, 0.2) is 57.1 Å². The summed E-state index contributed by atoms with van der Waals surface area (Å²) < 4.78 is 11.0. The number of hydrogen-bond acceptors (Lipinski definition) is 5. The molecule has 0 aliphatic carbocycles. The topological polar surface area (TPSA) is 59.8 Å². The van der Waals surface area contributed by atoms with Crippen molar-refractivity contribution in [3.05, 3.63) is 68.7 Å². The van der Waals surface area contributed by atoms with Crippen LogP contribution in [0.25, 0.3) is 11.0 Å². The van der Waals surface area contributed by atoms with Gasteiger partial charge in [0.05, 0.1) is 12.6 Å². The number of benzene rings is 1. The average molecular weight is 369 g/mol. The number of thiophene rings is 1. The number of rotatable bonds is 5. The van der Waals surface area contributed by atoms with Gasteiger partial charge in [0.2, 0.25) is 0 Å². The van der Waals surface area contributed by atoms with Crippen LogP contribution in [0, 0.1) is 0 Å². The molecule has 0 spiro atoms. The van der Waals surface area contributed by atoms with E-state index in [-0.39, 0.29) is 17.6 Å². The van der Waals surface area contributed by atoms with Crippen LogP contribution < -0.4 is 5.63 Å². The number of para-hydroxylation sites is 1. The van der Waals surface area contributed by atoms with Gasteiger partial charge < -0.3 is 14.1 Å². The van der Waals surface area contributed by atoms with Crippen molar-refractivity contribution in [2.75, 3.05) is 13.2 Å². The molecular weight excluding hydrogens is 350 g/mol. The number of ether oxygens (including phenoxy) is 1. The van der Waals surface area contributed by atoms with Gasteiger partial charge in [-0.25, -0.2) is 4.79 Å². The predicted octanol–water partition coefficient (Wildman–Crippen LogP) is 3.68. The number of hydrogen-bond donors (Lipinski definition) is 0. The van der Waals surface area contributed by atoms with E-state index < -0.39 is 5.63 Å². The highest BCUT2D eigenvalue weighted by atomic mass is 32.1. The Morgan fingerprint density at radius 3 is 2.88 bits per heavy atom. The summed E-state index contributed by atoms with van der Waals surface area (Å²) in [6.07, 6.45) is 1.95. The summed E-state index contributed by atoms with van der Waals surface area (Å²) >= 11 is 1.59. The highest BCUT2D eigenvalue weighted by Gasteiger charge is 2.26. The second-order valence-corrected chi connectivity index (χ2v) is 7.42. The first kappa shape index (κ1) is 17.0. The minimum Gasteiger partial charge on any atom is -0.422 e. The molecule has 6 heteroatoms. The molecule has 0 N–H and O–H groups in total. The van der Waals surface area contributed by atoms with E-state index in [9.17, 15) is 9.59 Å². The van der Waals surface area contributed by atoms with Crippen LogP contribution in [0.3, 0.4) is 0 Å². The molecule has 5 nitrogen and oxygen atoms in total. The van der Waals surface area contributed by atoms with E-state index in [4.69, 9.17) is 9.15 Å². The molecule has 1 aliphatic heterocycles. The third kappa shape index (κ3) is 3.57. The maximum absolute atomic E-state index is 13.1. The van der Waals surface area contributed by atoms with Crippen molar-refractivity contribution in [2.45, 2.75) is 25.5 Å². The molecule has 1 saturated heterocycles. The molecule has 3 aromatic rings. The molecule has 0 unspecified atom stereocenters. The first-order valence-electron chi connectivity index (χ1n) is 8.67. The Balaban J connectivity index is 1.66. The molecule has 1 atom stereocenters. The van der Waals surface area contributed by atoms with Crippen molar-refractivity contribution in [1.82, 2.24) is 4.90 Å². The molecule has 1 aromatic carbocycles. The fourth-order valence-corrected chi connectivity index (χ4v) is 3.94.